The van der Waals surface area contributed by atoms with E-state index in [4.69, 9.17) is 0 Å². The highest BCUT2D eigenvalue weighted by molar-refractivity contribution is 5.76. The number of unbranched alkanes of at least 4 members (excludes halogenated alkanes) is 32. The second-order valence-electron chi connectivity index (χ2n) is 15.3. The highest BCUT2D eigenvalue weighted by atomic mass is 16.3. The molecule has 1 amide bonds. The van der Waals surface area contributed by atoms with Gasteiger partial charge in [-0.2, -0.15) is 0 Å². The molecule has 5 nitrogen and oxygen atoms in total. The molecule has 4 N–H and O–H groups in total. The van der Waals surface area contributed by atoms with E-state index < -0.39 is 18.2 Å². The Hall–Kier alpha value is -0.650. The summed E-state index contributed by atoms with van der Waals surface area (Å²) in [5, 5.41) is 33.5. The molecule has 5 heteroatoms. The van der Waals surface area contributed by atoms with Crippen LogP contribution in [0.1, 0.15) is 245 Å². The van der Waals surface area contributed by atoms with Crippen molar-refractivity contribution in [3.63, 3.8) is 0 Å². The molecule has 0 bridgehead atoms. The highest BCUT2D eigenvalue weighted by Crippen LogP contribution is 2.17. The molecule has 0 aliphatic carbocycles. The summed E-state index contributed by atoms with van der Waals surface area (Å²) in [6, 6.07) is -0.802. The van der Waals surface area contributed by atoms with Crippen LogP contribution in [0, 0.1) is 0 Å². The maximum atomic E-state index is 12.4. The molecule has 0 aromatic rings. The van der Waals surface area contributed by atoms with Crippen LogP contribution in [0.15, 0.2) is 0 Å². The molecular weight excluding hydrogens is 594 g/mol. The van der Waals surface area contributed by atoms with Gasteiger partial charge in [-0.05, 0) is 12.8 Å². The molecule has 0 heterocycles. The third-order valence-corrected chi connectivity index (χ3v) is 10.5. The fourth-order valence-corrected chi connectivity index (χ4v) is 7.05. The number of amides is 1. The SMILES string of the molecule is CCCCCCCCCCCCCCCCCCCCC(=O)N[C@@H](CO)[C@H](O)[C@H](O)CCCCCCCCCCCCCCCCCC. The zero-order valence-electron chi connectivity index (χ0n) is 32.6. The van der Waals surface area contributed by atoms with Crippen LogP contribution in [0.25, 0.3) is 0 Å². The first-order valence-corrected chi connectivity index (χ1v) is 21.8. The van der Waals surface area contributed by atoms with Crippen LogP contribution < -0.4 is 5.32 Å². The average molecular weight is 682 g/mol. The molecule has 0 aliphatic rings. The third-order valence-electron chi connectivity index (χ3n) is 10.5. The smallest absolute Gasteiger partial charge is 0.220 e. The lowest BCUT2D eigenvalue weighted by molar-refractivity contribution is -0.124. The fourth-order valence-electron chi connectivity index (χ4n) is 7.05. The van der Waals surface area contributed by atoms with Gasteiger partial charge < -0.3 is 20.6 Å². The van der Waals surface area contributed by atoms with Crippen LogP contribution in [0.5, 0.6) is 0 Å². The first kappa shape index (κ1) is 47.4. The van der Waals surface area contributed by atoms with E-state index in [0.29, 0.717) is 12.8 Å². The summed E-state index contributed by atoms with van der Waals surface area (Å²) >= 11 is 0. The standard InChI is InChI=1S/C43H87NO4/c1-3-5-7-9-11-13-15-17-19-21-22-24-26-28-30-32-34-36-38-42(47)44-40(39-45)43(48)41(46)37-35-33-31-29-27-25-23-20-18-16-14-12-10-8-6-4-2/h40-41,43,45-46,48H,3-39H2,1-2H3,(H,44,47)/t40-,41+,43-/m0/s1. The number of nitrogens with one attached hydrogen (secondary N) is 1. The average Bonchev–Trinajstić information content (AvgIpc) is 3.09. The maximum absolute atomic E-state index is 12.4. The molecule has 288 valence electrons. The van der Waals surface area contributed by atoms with Crippen molar-refractivity contribution in [2.24, 2.45) is 0 Å². The molecule has 0 spiro atoms. The van der Waals surface area contributed by atoms with Crippen molar-refractivity contribution in [2.45, 2.75) is 263 Å². The maximum Gasteiger partial charge on any atom is 0.220 e. The Morgan fingerprint density at radius 2 is 0.708 bits per heavy atom. The number of aliphatic hydroxyl groups excluding tert-OH is 3. The van der Waals surface area contributed by atoms with Crippen LogP contribution in [0.2, 0.25) is 0 Å². The van der Waals surface area contributed by atoms with Crippen molar-refractivity contribution in [1.29, 1.82) is 0 Å². The highest BCUT2D eigenvalue weighted by Gasteiger charge is 2.26. The number of carbonyl (C=O) groups is 1. The van der Waals surface area contributed by atoms with E-state index in [2.05, 4.69) is 19.2 Å². The Labute approximate surface area is 300 Å². The van der Waals surface area contributed by atoms with Crippen molar-refractivity contribution in [3.8, 4) is 0 Å². The van der Waals surface area contributed by atoms with Crippen molar-refractivity contribution in [3.05, 3.63) is 0 Å². The second-order valence-corrected chi connectivity index (χ2v) is 15.3. The van der Waals surface area contributed by atoms with Crippen molar-refractivity contribution >= 4 is 5.91 Å². The van der Waals surface area contributed by atoms with Crippen molar-refractivity contribution in [1.82, 2.24) is 5.32 Å². The molecular formula is C43H87NO4. The van der Waals surface area contributed by atoms with E-state index in [9.17, 15) is 20.1 Å². The zero-order chi connectivity index (χ0) is 35.2. The van der Waals surface area contributed by atoms with Crippen LogP contribution in [0.4, 0.5) is 0 Å². The number of carbonyl (C=O) groups excluding carboxylic acids is 1. The summed E-state index contributed by atoms with van der Waals surface area (Å²) in [6.45, 7) is 4.20. The molecule has 48 heavy (non-hydrogen) atoms. The zero-order valence-corrected chi connectivity index (χ0v) is 32.6. The minimum absolute atomic E-state index is 0.140. The van der Waals surface area contributed by atoms with Crippen molar-refractivity contribution in [2.75, 3.05) is 6.61 Å². The van der Waals surface area contributed by atoms with Gasteiger partial charge in [0.2, 0.25) is 5.91 Å². The van der Waals surface area contributed by atoms with Gasteiger partial charge in [-0.15, -0.1) is 0 Å². The van der Waals surface area contributed by atoms with Crippen LogP contribution in [0.3, 0.4) is 0 Å². The number of hydrogen-bond acceptors (Lipinski definition) is 4. The fraction of sp³-hybridized carbons (Fsp3) is 0.977. The summed E-state index contributed by atoms with van der Waals surface area (Å²) in [5.41, 5.74) is 0. The predicted molar refractivity (Wildman–Crippen MR) is 209 cm³/mol. The first-order valence-electron chi connectivity index (χ1n) is 21.8. The Bertz CT molecular complexity index is 630. The summed E-state index contributed by atoms with van der Waals surface area (Å²) in [5.74, 6) is -0.140. The van der Waals surface area contributed by atoms with E-state index in [1.54, 1.807) is 0 Å². The number of hydrogen-bond donors (Lipinski definition) is 4. The Kier molecular flexibility index (Phi) is 38.6. The molecule has 0 saturated carbocycles. The quantitative estimate of drug-likeness (QED) is 0.0485. The van der Waals surface area contributed by atoms with Gasteiger partial charge in [0.1, 0.15) is 6.10 Å². The lowest BCUT2D eigenvalue weighted by Crippen LogP contribution is -2.50. The van der Waals surface area contributed by atoms with E-state index >= 15 is 0 Å². The molecule has 0 aliphatic heterocycles. The lowest BCUT2D eigenvalue weighted by Gasteiger charge is -2.26. The summed E-state index contributed by atoms with van der Waals surface area (Å²) in [4.78, 5) is 12.4. The summed E-state index contributed by atoms with van der Waals surface area (Å²) < 4.78 is 0. The Morgan fingerprint density at radius 3 is 1.00 bits per heavy atom. The molecule has 3 atom stereocenters. The third kappa shape index (κ3) is 33.8. The van der Waals surface area contributed by atoms with Gasteiger partial charge in [-0.25, -0.2) is 0 Å². The monoisotopic (exact) mass is 682 g/mol. The second kappa shape index (κ2) is 39.1. The van der Waals surface area contributed by atoms with Gasteiger partial charge in [0, 0.05) is 6.42 Å². The summed E-state index contributed by atoms with van der Waals surface area (Å²) in [6.07, 6.45) is 43.5. The van der Waals surface area contributed by atoms with Gasteiger partial charge >= 0.3 is 0 Å². The van der Waals surface area contributed by atoms with Crippen molar-refractivity contribution < 1.29 is 20.1 Å². The molecule has 0 aromatic carbocycles. The van der Waals surface area contributed by atoms with Gasteiger partial charge in [0.15, 0.2) is 0 Å². The van der Waals surface area contributed by atoms with E-state index in [0.717, 1.165) is 32.1 Å². The minimum atomic E-state index is -1.13. The van der Waals surface area contributed by atoms with Gasteiger partial charge in [0.25, 0.3) is 0 Å². The van der Waals surface area contributed by atoms with Gasteiger partial charge in [-0.3, -0.25) is 4.79 Å². The van der Waals surface area contributed by atoms with Crippen LogP contribution >= 0.6 is 0 Å². The van der Waals surface area contributed by atoms with Crippen LogP contribution in [-0.2, 0) is 4.79 Å². The normalized spacial score (nSPS) is 13.5. The van der Waals surface area contributed by atoms with E-state index in [1.165, 1.54) is 186 Å². The molecule has 0 rings (SSSR count). The topological polar surface area (TPSA) is 89.8 Å². The van der Waals surface area contributed by atoms with Gasteiger partial charge in [0.05, 0.1) is 18.8 Å². The Morgan fingerprint density at radius 1 is 0.438 bits per heavy atom. The number of aliphatic hydroxyl groups is 3. The molecule has 0 saturated heterocycles. The first-order chi connectivity index (χ1) is 23.6. The lowest BCUT2D eigenvalue weighted by atomic mass is 9.99. The van der Waals surface area contributed by atoms with E-state index in [-0.39, 0.29) is 12.5 Å². The molecule has 0 fully saturated rings. The molecule has 0 aromatic heterocycles. The van der Waals surface area contributed by atoms with Crippen LogP contribution in [-0.4, -0.2) is 46.1 Å². The molecule has 0 radical (unpaired) electrons. The minimum Gasteiger partial charge on any atom is -0.394 e. The molecule has 0 unspecified atom stereocenters. The number of rotatable bonds is 40. The summed E-state index contributed by atoms with van der Waals surface area (Å²) in [7, 11) is 0. The largest absolute Gasteiger partial charge is 0.394 e. The Balaban J connectivity index is 3.59. The van der Waals surface area contributed by atoms with E-state index in [1.807, 2.05) is 0 Å². The predicted octanol–water partition coefficient (Wildman–Crippen LogP) is 12.3. The van der Waals surface area contributed by atoms with Gasteiger partial charge in [-0.1, -0.05) is 226 Å².